The lowest BCUT2D eigenvalue weighted by molar-refractivity contribution is -0.121. The van der Waals surface area contributed by atoms with Gasteiger partial charge in [0.2, 0.25) is 17.6 Å². The number of aromatic nitrogens is 2. The Morgan fingerprint density at radius 2 is 2.04 bits per heavy atom. The van der Waals surface area contributed by atoms with Gasteiger partial charge >= 0.3 is 0 Å². The van der Waals surface area contributed by atoms with E-state index in [2.05, 4.69) is 15.5 Å². The predicted octanol–water partition coefficient (Wildman–Crippen LogP) is 2.93. The van der Waals surface area contributed by atoms with Crippen molar-refractivity contribution in [2.45, 2.75) is 25.8 Å². The van der Waals surface area contributed by atoms with Gasteiger partial charge in [0.05, 0.1) is 0 Å². The van der Waals surface area contributed by atoms with Crippen LogP contribution in [0, 0.1) is 12.7 Å². The topological polar surface area (TPSA) is 94.0 Å². The van der Waals surface area contributed by atoms with Crippen LogP contribution < -0.4 is 11.1 Å². The van der Waals surface area contributed by atoms with E-state index >= 15 is 0 Å². The number of carbonyl (C=O) groups excluding carboxylic acids is 1. The van der Waals surface area contributed by atoms with Gasteiger partial charge in [-0.1, -0.05) is 35.5 Å². The van der Waals surface area contributed by atoms with Gasteiger partial charge in [0, 0.05) is 31.0 Å². The molecule has 1 unspecified atom stereocenters. The van der Waals surface area contributed by atoms with E-state index < -0.39 is 0 Å². The average Bonchev–Trinajstić information content (AvgIpc) is 3.16. The van der Waals surface area contributed by atoms with Crippen molar-refractivity contribution >= 4 is 5.91 Å². The molecule has 140 valence electrons. The molecule has 0 aliphatic carbocycles. The summed E-state index contributed by atoms with van der Waals surface area (Å²) in [6.45, 7) is 2.02. The van der Waals surface area contributed by atoms with Crippen LogP contribution in [-0.2, 0) is 11.2 Å². The highest BCUT2D eigenvalue weighted by molar-refractivity contribution is 5.76. The van der Waals surface area contributed by atoms with Crippen LogP contribution >= 0.6 is 0 Å². The SMILES string of the molecule is Cc1cc(-c2noc(CCC(=O)NCC(N)c3ccccc3)n2)ccc1F. The fraction of sp³-hybridized carbons (Fsp3) is 0.250. The number of nitrogens with two attached hydrogens (primary N) is 1. The zero-order chi connectivity index (χ0) is 19.2. The van der Waals surface area contributed by atoms with Crippen LogP contribution in [-0.4, -0.2) is 22.6 Å². The summed E-state index contributed by atoms with van der Waals surface area (Å²) in [5, 5.41) is 6.70. The molecule has 1 aromatic heterocycles. The number of hydrogen-bond donors (Lipinski definition) is 2. The number of aryl methyl sites for hydroxylation is 2. The van der Waals surface area contributed by atoms with E-state index in [1.807, 2.05) is 30.3 Å². The minimum Gasteiger partial charge on any atom is -0.354 e. The second-order valence-corrected chi connectivity index (χ2v) is 6.30. The number of carbonyl (C=O) groups is 1. The smallest absolute Gasteiger partial charge is 0.227 e. The Balaban J connectivity index is 1.49. The van der Waals surface area contributed by atoms with E-state index in [0.717, 1.165) is 5.56 Å². The van der Waals surface area contributed by atoms with Gasteiger partial charge in [0.1, 0.15) is 5.82 Å². The second-order valence-electron chi connectivity index (χ2n) is 6.30. The van der Waals surface area contributed by atoms with Gasteiger partial charge in [-0.15, -0.1) is 0 Å². The minimum atomic E-state index is -0.284. The Hall–Kier alpha value is -3.06. The van der Waals surface area contributed by atoms with Crippen LogP contribution in [0.5, 0.6) is 0 Å². The second kappa shape index (κ2) is 8.55. The Morgan fingerprint density at radius 1 is 1.26 bits per heavy atom. The third kappa shape index (κ3) is 4.98. The van der Waals surface area contributed by atoms with Crippen molar-refractivity contribution in [2.24, 2.45) is 5.73 Å². The molecule has 7 heteroatoms. The maximum atomic E-state index is 13.3. The first-order valence-electron chi connectivity index (χ1n) is 8.69. The maximum Gasteiger partial charge on any atom is 0.227 e. The van der Waals surface area contributed by atoms with Crippen LogP contribution in [0.2, 0.25) is 0 Å². The highest BCUT2D eigenvalue weighted by Crippen LogP contribution is 2.19. The first-order valence-corrected chi connectivity index (χ1v) is 8.69. The van der Waals surface area contributed by atoms with Crippen LogP contribution in [0.3, 0.4) is 0 Å². The van der Waals surface area contributed by atoms with E-state index in [0.29, 0.717) is 35.8 Å². The fourth-order valence-corrected chi connectivity index (χ4v) is 2.61. The molecular weight excluding hydrogens is 347 g/mol. The molecule has 0 fully saturated rings. The van der Waals surface area contributed by atoms with Crippen molar-refractivity contribution in [3.63, 3.8) is 0 Å². The summed E-state index contributed by atoms with van der Waals surface area (Å²) in [6.07, 6.45) is 0.533. The molecule has 3 rings (SSSR count). The Kier molecular flexibility index (Phi) is 5.93. The summed E-state index contributed by atoms with van der Waals surface area (Å²) >= 11 is 0. The highest BCUT2D eigenvalue weighted by atomic mass is 19.1. The van der Waals surface area contributed by atoms with Gasteiger partial charge < -0.3 is 15.6 Å². The fourth-order valence-electron chi connectivity index (χ4n) is 2.61. The van der Waals surface area contributed by atoms with Gasteiger partial charge in [-0.25, -0.2) is 4.39 Å². The number of rotatable bonds is 7. The van der Waals surface area contributed by atoms with Gasteiger partial charge in [-0.2, -0.15) is 4.98 Å². The lowest BCUT2D eigenvalue weighted by atomic mass is 10.1. The summed E-state index contributed by atoms with van der Waals surface area (Å²) in [4.78, 5) is 16.3. The molecule has 0 aliphatic heterocycles. The number of halogens is 1. The molecule has 0 spiro atoms. The predicted molar refractivity (Wildman–Crippen MR) is 99.1 cm³/mol. The van der Waals surface area contributed by atoms with E-state index in [9.17, 15) is 9.18 Å². The van der Waals surface area contributed by atoms with Crippen molar-refractivity contribution in [3.8, 4) is 11.4 Å². The Labute approximate surface area is 156 Å². The van der Waals surface area contributed by atoms with Crippen molar-refractivity contribution < 1.29 is 13.7 Å². The van der Waals surface area contributed by atoms with Crippen LogP contribution in [0.1, 0.15) is 29.5 Å². The standard InChI is InChI=1S/C20H21FN4O2/c1-13-11-15(7-8-16(13)21)20-24-19(27-25-20)10-9-18(26)23-12-17(22)14-5-3-2-4-6-14/h2-8,11,17H,9-10,12,22H2,1H3,(H,23,26). The summed E-state index contributed by atoms with van der Waals surface area (Å²) in [7, 11) is 0. The van der Waals surface area contributed by atoms with Crippen molar-refractivity contribution in [2.75, 3.05) is 6.54 Å². The number of benzene rings is 2. The third-order valence-electron chi connectivity index (χ3n) is 4.20. The van der Waals surface area contributed by atoms with Gasteiger partial charge in [0.15, 0.2) is 0 Å². The molecule has 1 atom stereocenters. The molecule has 6 nitrogen and oxygen atoms in total. The summed E-state index contributed by atoms with van der Waals surface area (Å²) in [5.41, 5.74) is 8.20. The van der Waals surface area contributed by atoms with E-state index in [1.54, 1.807) is 19.1 Å². The van der Waals surface area contributed by atoms with E-state index in [-0.39, 0.29) is 24.2 Å². The number of amides is 1. The molecule has 3 aromatic rings. The number of hydrogen-bond acceptors (Lipinski definition) is 5. The largest absolute Gasteiger partial charge is 0.354 e. The lowest BCUT2D eigenvalue weighted by Gasteiger charge is -2.12. The van der Waals surface area contributed by atoms with Crippen molar-refractivity contribution in [1.29, 1.82) is 0 Å². The zero-order valence-corrected chi connectivity index (χ0v) is 15.0. The van der Waals surface area contributed by atoms with Crippen LogP contribution in [0.4, 0.5) is 4.39 Å². The lowest BCUT2D eigenvalue weighted by Crippen LogP contribution is -2.32. The first kappa shape index (κ1) is 18.7. The van der Waals surface area contributed by atoms with Crippen LogP contribution in [0.15, 0.2) is 53.1 Å². The molecule has 27 heavy (non-hydrogen) atoms. The van der Waals surface area contributed by atoms with E-state index in [1.165, 1.54) is 6.07 Å². The van der Waals surface area contributed by atoms with Crippen molar-refractivity contribution in [3.05, 3.63) is 71.4 Å². The summed E-state index contributed by atoms with van der Waals surface area (Å²) in [5.74, 6) is 0.306. The number of nitrogens with zero attached hydrogens (tertiary/aromatic N) is 2. The minimum absolute atomic E-state index is 0.140. The molecule has 2 aromatic carbocycles. The summed E-state index contributed by atoms with van der Waals surface area (Å²) < 4.78 is 18.5. The quantitative estimate of drug-likeness (QED) is 0.669. The molecule has 0 bridgehead atoms. The Bertz CT molecular complexity index is 911. The third-order valence-corrected chi connectivity index (χ3v) is 4.20. The molecule has 0 aliphatic rings. The number of nitrogens with one attached hydrogen (secondary N) is 1. The van der Waals surface area contributed by atoms with Gasteiger partial charge in [0.25, 0.3) is 0 Å². The Morgan fingerprint density at radius 3 is 2.78 bits per heavy atom. The monoisotopic (exact) mass is 368 g/mol. The first-order chi connectivity index (χ1) is 13.0. The molecule has 0 saturated carbocycles. The molecule has 1 heterocycles. The molecule has 0 radical (unpaired) electrons. The maximum absolute atomic E-state index is 13.3. The molecule has 0 saturated heterocycles. The van der Waals surface area contributed by atoms with Gasteiger partial charge in [-0.05, 0) is 36.2 Å². The van der Waals surface area contributed by atoms with Crippen LogP contribution in [0.25, 0.3) is 11.4 Å². The zero-order valence-electron chi connectivity index (χ0n) is 15.0. The van der Waals surface area contributed by atoms with Gasteiger partial charge in [-0.3, -0.25) is 4.79 Å². The highest BCUT2D eigenvalue weighted by Gasteiger charge is 2.13. The normalized spacial score (nSPS) is 12.0. The molecular formula is C20H21FN4O2. The molecule has 1 amide bonds. The van der Waals surface area contributed by atoms with Crippen molar-refractivity contribution in [1.82, 2.24) is 15.5 Å². The van der Waals surface area contributed by atoms with E-state index in [4.69, 9.17) is 10.3 Å². The molecule has 3 N–H and O–H groups in total. The summed E-state index contributed by atoms with van der Waals surface area (Å²) in [6, 6.07) is 13.9. The average molecular weight is 368 g/mol.